The zero-order valence-electron chi connectivity index (χ0n) is 13.4. The molecule has 0 aromatic heterocycles. The van der Waals surface area contributed by atoms with Gasteiger partial charge in [0.05, 0.1) is 29.8 Å². The summed E-state index contributed by atoms with van der Waals surface area (Å²) in [6.45, 7) is 0.717. The number of carbonyl (C=O) groups is 3. The van der Waals surface area contributed by atoms with Gasteiger partial charge in [-0.2, -0.15) is 0 Å². The van der Waals surface area contributed by atoms with Crippen molar-refractivity contribution >= 4 is 40.9 Å². The van der Waals surface area contributed by atoms with Gasteiger partial charge in [-0.25, -0.2) is 0 Å². The van der Waals surface area contributed by atoms with E-state index in [1.54, 1.807) is 0 Å². The molecule has 9 heteroatoms. The molecule has 0 aliphatic carbocycles. The van der Waals surface area contributed by atoms with E-state index >= 15 is 0 Å². The third kappa shape index (κ3) is 6.53. The number of amides is 3. The van der Waals surface area contributed by atoms with E-state index in [0.717, 1.165) is 12.8 Å². The maximum absolute atomic E-state index is 12.0. The van der Waals surface area contributed by atoms with Gasteiger partial charge in [-0.1, -0.05) is 23.2 Å². The van der Waals surface area contributed by atoms with E-state index in [9.17, 15) is 14.4 Å². The van der Waals surface area contributed by atoms with E-state index in [0.29, 0.717) is 18.2 Å². The van der Waals surface area contributed by atoms with Crippen LogP contribution in [0.25, 0.3) is 0 Å². The van der Waals surface area contributed by atoms with Gasteiger partial charge in [0, 0.05) is 18.2 Å². The van der Waals surface area contributed by atoms with Crippen LogP contribution in [-0.2, 0) is 14.3 Å². The van der Waals surface area contributed by atoms with Gasteiger partial charge >= 0.3 is 0 Å². The molecular formula is C16H19Cl2N3O4. The van der Waals surface area contributed by atoms with E-state index in [-0.39, 0.29) is 35.7 Å². The van der Waals surface area contributed by atoms with Crippen LogP contribution >= 0.6 is 23.2 Å². The molecule has 3 amide bonds. The summed E-state index contributed by atoms with van der Waals surface area (Å²) < 4.78 is 5.38. The summed E-state index contributed by atoms with van der Waals surface area (Å²) in [6.07, 6.45) is 1.96. The molecule has 3 N–H and O–H groups in total. The summed E-state index contributed by atoms with van der Waals surface area (Å²) in [7, 11) is 0. The lowest BCUT2D eigenvalue weighted by atomic mass is 10.2. The Balaban J connectivity index is 1.65. The minimum atomic E-state index is -0.500. The van der Waals surface area contributed by atoms with Gasteiger partial charge in [0.25, 0.3) is 5.91 Å². The molecule has 136 valence electrons. The molecule has 1 aromatic carbocycles. The number of nitrogens with one attached hydrogen (secondary N) is 3. The smallest absolute Gasteiger partial charge is 0.253 e. The van der Waals surface area contributed by atoms with Gasteiger partial charge in [0.1, 0.15) is 0 Å². The molecule has 1 heterocycles. The predicted octanol–water partition coefficient (Wildman–Crippen LogP) is 1.13. The Labute approximate surface area is 155 Å². The van der Waals surface area contributed by atoms with Crippen molar-refractivity contribution in [2.45, 2.75) is 18.9 Å². The second kappa shape index (κ2) is 9.60. The maximum Gasteiger partial charge on any atom is 0.253 e. The number of halogens is 2. The predicted molar refractivity (Wildman–Crippen MR) is 93.8 cm³/mol. The number of carbonyl (C=O) groups excluding carboxylic acids is 3. The lowest BCUT2D eigenvalue weighted by molar-refractivity contribution is -0.125. The number of ether oxygens (including phenoxy) is 1. The molecule has 0 bridgehead atoms. The number of benzene rings is 1. The summed E-state index contributed by atoms with van der Waals surface area (Å²) in [5.74, 6) is -1.29. The van der Waals surface area contributed by atoms with Crippen LogP contribution in [0.3, 0.4) is 0 Å². The van der Waals surface area contributed by atoms with Crippen molar-refractivity contribution in [2.75, 3.05) is 26.2 Å². The fourth-order valence-corrected chi connectivity index (χ4v) is 2.76. The van der Waals surface area contributed by atoms with Crippen molar-refractivity contribution < 1.29 is 19.1 Å². The van der Waals surface area contributed by atoms with Crippen molar-refractivity contribution in [3.63, 3.8) is 0 Å². The third-order valence-electron chi connectivity index (χ3n) is 3.58. The first-order valence-corrected chi connectivity index (χ1v) is 8.59. The van der Waals surface area contributed by atoms with E-state index in [1.807, 2.05) is 0 Å². The van der Waals surface area contributed by atoms with E-state index < -0.39 is 11.8 Å². The Hall–Kier alpha value is -1.83. The van der Waals surface area contributed by atoms with Crippen molar-refractivity contribution in [1.82, 2.24) is 16.0 Å². The molecule has 0 saturated carbocycles. The lowest BCUT2D eigenvalue weighted by Crippen LogP contribution is -2.43. The zero-order chi connectivity index (χ0) is 18.2. The molecule has 0 radical (unpaired) electrons. The molecule has 25 heavy (non-hydrogen) atoms. The zero-order valence-corrected chi connectivity index (χ0v) is 15.0. The Morgan fingerprint density at radius 2 is 1.80 bits per heavy atom. The molecule has 0 spiro atoms. The molecule has 1 aliphatic rings. The van der Waals surface area contributed by atoms with Gasteiger partial charge < -0.3 is 20.7 Å². The monoisotopic (exact) mass is 387 g/mol. The number of rotatable bonds is 7. The minimum Gasteiger partial charge on any atom is -0.376 e. The van der Waals surface area contributed by atoms with Gasteiger partial charge in [0.2, 0.25) is 11.8 Å². The molecular weight excluding hydrogens is 369 g/mol. The highest BCUT2D eigenvalue weighted by molar-refractivity contribution is 6.36. The molecule has 1 aliphatic heterocycles. The van der Waals surface area contributed by atoms with Crippen LogP contribution in [0.1, 0.15) is 23.2 Å². The van der Waals surface area contributed by atoms with Crippen molar-refractivity contribution in [3.05, 3.63) is 33.8 Å². The normalized spacial score (nSPS) is 16.3. The van der Waals surface area contributed by atoms with E-state index in [1.165, 1.54) is 18.2 Å². The first kappa shape index (κ1) is 19.5. The quantitative estimate of drug-likeness (QED) is 0.653. The molecule has 1 unspecified atom stereocenters. The van der Waals surface area contributed by atoms with Crippen molar-refractivity contribution in [2.24, 2.45) is 0 Å². The van der Waals surface area contributed by atoms with Crippen LogP contribution in [0.5, 0.6) is 0 Å². The second-order valence-corrected chi connectivity index (χ2v) is 6.37. The molecule has 1 fully saturated rings. The van der Waals surface area contributed by atoms with Crippen LogP contribution in [0.4, 0.5) is 0 Å². The van der Waals surface area contributed by atoms with Crippen molar-refractivity contribution in [1.29, 1.82) is 0 Å². The Kier molecular flexibility index (Phi) is 7.49. The standard InChI is InChI=1S/C16H19Cl2N3O4/c17-10-3-4-12(13(18)6-10)16(24)21-9-15(23)20-8-14(22)19-7-11-2-1-5-25-11/h3-4,6,11H,1-2,5,7-9H2,(H,19,22)(H,20,23)(H,21,24). The maximum atomic E-state index is 12.0. The van der Waals surface area contributed by atoms with Crippen LogP contribution in [0, 0.1) is 0 Å². The van der Waals surface area contributed by atoms with Gasteiger partial charge in [-0.15, -0.1) is 0 Å². The summed E-state index contributed by atoms with van der Waals surface area (Å²) >= 11 is 11.7. The topological polar surface area (TPSA) is 96.5 Å². The van der Waals surface area contributed by atoms with Gasteiger partial charge in [0.15, 0.2) is 0 Å². The highest BCUT2D eigenvalue weighted by atomic mass is 35.5. The average Bonchev–Trinajstić information content (AvgIpc) is 3.09. The Morgan fingerprint density at radius 1 is 1.08 bits per heavy atom. The fraction of sp³-hybridized carbons (Fsp3) is 0.438. The number of hydrogen-bond donors (Lipinski definition) is 3. The Bertz CT molecular complexity index is 648. The molecule has 1 saturated heterocycles. The average molecular weight is 388 g/mol. The van der Waals surface area contributed by atoms with Gasteiger partial charge in [-0.3, -0.25) is 14.4 Å². The first-order chi connectivity index (χ1) is 12.0. The summed E-state index contributed by atoms with van der Waals surface area (Å²) in [5, 5.41) is 8.15. The molecule has 2 rings (SSSR count). The lowest BCUT2D eigenvalue weighted by Gasteiger charge is -2.11. The largest absolute Gasteiger partial charge is 0.376 e. The highest BCUT2D eigenvalue weighted by Gasteiger charge is 2.16. The minimum absolute atomic E-state index is 0.0445. The summed E-state index contributed by atoms with van der Waals surface area (Å²) in [5.41, 5.74) is 0.216. The summed E-state index contributed by atoms with van der Waals surface area (Å²) in [4.78, 5) is 35.3. The fourth-order valence-electron chi connectivity index (χ4n) is 2.27. The SMILES string of the molecule is O=C(CNC(=O)CNC(=O)c1ccc(Cl)cc1Cl)NCC1CCCO1. The third-order valence-corrected chi connectivity index (χ3v) is 4.13. The van der Waals surface area contributed by atoms with Crippen LogP contribution < -0.4 is 16.0 Å². The van der Waals surface area contributed by atoms with E-state index in [4.69, 9.17) is 27.9 Å². The Morgan fingerprint density at radius 3 is 2.48 bits per heavy atom. The summed E-state index contributed by atoms with van der Waals surface area (Å²) in [6, 6.07) is 4.44. The number of hydrogen-bond acceptors (Lipinski definition) is 4. The molecule has 1 atom stereocenters. The second-order valence-electron chi connectivity index (χ2n) is 5.52. The molecule has 7 nitrogen and oxygen atoms in total. The molecule has 1 aromatic rings. The van der Waals surface area contributed by atoms with Crippen LogP contribution in [0.2, 0.25) is 10.0 Å². The highest BCUT2D eigenvalue weighted by Crippen LogP contribution is 2.20. The van der Waals surface area contributed by atoms with Crippen molar-refractivity contribution in [3.8, 4) is 0 Å². The van der Waals surface area contributed by atoms with Gasteiger partial charge in [-0.05, 0) is 31.0 Å². The van der Waals surface area contributed by atoms with Crippen LogP contribution in [-0.4, -0.2) is 50.1 Å². The van der Waals surface area contributed by atoms with E-state index in [2.05, 4.69) is 16.0 Å². The first-order valence-electron chi connectivity index (χ1n) is 7.84. The van der Waals surface area contributed by atoms with Crippen LogP contribution in [0.15, 0.2) is 18.2 Å².